The smallest absolute Gasteiger partial charge is 0.335 e. The van der Waals surface area contributed by atoms with Crippen molar-refractivity contribution in [2.24, 2.45) is 0 Å². The van der Waals surface area contributed by atoms with Crippen molar-refractivity contribution in [3.63, 3.8) is 0 Å². The van der Waals surface area contributed by atoms with E-state index in [2.05, 4.69) is 46.0 Å². The van der Waals surface area contributed by atoms with Gasteiger partial charge in [0.2, 0.25) is 5.69 Å². The molecule has 1 aliphatic carbocycles. The number of nitrogens with one attached hydrogen (secondary N) is 1. The van der Waals surface area contributed by atoms with Gasteiger partial charge in [0.05, 0.1) is 26.3 Å². The second-order valence-electron chi connectivity index (χ2n) is 17.7. The van der Waals surface area contributed by atoms with Gasteiger partial charge in [0, 0.05) is 58.9 Å². The SMILES string of the molecule is CCCCNC1=C(/C=C/C2=[N+](Cc3ccc(C(=O)O)cc3)c3ccc(S(=O)(=O)[O-])cc3C2(C)C)CCC/C1=C\C=C1\N(Cc2ccc(C(=O)O)cc2)c2ccc(S(=O)(=O)O)cc2C1(C)C. The van der Waals surface area contributed by atoms with E-state index >= 15 is 0 Å². The third-order valence-corrected chi connectivity index (χ3v) is 14.3. The highest BCUT2D eigenvalue weighted by Crippen LogP contribution is 2.49. The van der Waals surface area contributed by atoms with E-state index in [1.165, 1.54) is 24.3 Å². The first kappa shape index (κ1) is 46.9. The van der Waals surface area contributed by atoms with Crippen LogP contribution < -0.4 is 10.2 Å². The van der Waals surface area contributed by atoms with Gasteiger partial charge in [-0.3, -0.25) is 4.55 Å². The van der Waals surface area contributed by atoms with Crippen molar-refractivity contribution >= 4 is 49.3 Å². The largest absolute Gasteiger partial charge is 0.744 e. The number of hydrogen-bond acceptors (Lipinski definition) is 9. The Labute approximate surface area is 380 Å². The van der Waals surface area contributed by atoms with E-state index in [1.54, 1.807) is 60.7 Å². The number of allylic oxidation sites excluding steroid dienone is 7. The molecule has 2 aliphatic heterocycles. The molecule has 4 N–H and O–H groups in total. The first-order chi connectivity index (χ1) is 30.6. The zero-order valence-electron chi connectivity index (χ0n) is 37.0. The van der Waals surface area contributed by atoms with E-state index in [4.69, 9.17) is 0 Å². The lowest BCUT2D eigenvalue weighted by molar-refractivity contribution is -0.455. The number of benzene rings is 4. The minimum absolute atomic E-state index is 0.157. The molecule has 4 aromatic carbocycles. The monoisotopic (exact) mass is 919 g/mol. The van der Waals surface area contributed by atoms with Crippen LogP contribution in [0.5, 0.6) is 0 Å². The number of anilines is 1. The molecule has 0 aromatic heterocycles. The zero-order chi connectivity index (χ0) is 47.1. The highest BCUT2D eigenvalue weighted by molar-refractivity contribution is 7.86. The maximum absolute atomic E-state index is 12.3. The first-order valence-electron chi connectivity index (χ1n) is 21.5. The van der Waals surface area contributed by atoms with Crippen molar-refractivity contribution in [2.75, 3.05) is 11.4 Å². The summed E-state index contributed by atoms with van der Waals surface area (Å²) in [6, 6.07) is 22.2. The van der Waals surface area contributed by atoms with Crippen molar-refractivity contribution in [1.82, 2.24) is 5.32 Å². The van der Waals surface area contributed by atoms with Crippen molar-refractivity contribution in [3.05, 3.63) is 165 Å². The number of carboxylic acid groups (broad SMARTS) is 2. The summed E-state index contributed by atoms with van der Waals surface area (Å²) >= 11 is 0. The zero-order valence-corrected chi connectivity index (χ0v) is 38.6. The molecule has 340 valence electrons. The third kappa shape index (κ3) is 9.64. The van der Waals surface area contributed by atoms with Crippen LogP contribution in [-0.2, 0) is 44.2 Å². The maximum atomic E-state index is 12.3. The Kier molecular flexibility index (Phi) is 13.0. The fraction of sp³-hybridized carbons (Fsp3) is 0.300. The summed E-state index contributed by atoms with van der Waals surface area (Å²) in [6.07, 6.45) is 12.6. The fourth-order valence-electron chi connectivity index (χ4n) is 9.07. The van der Waals surface area contributed by atoms with Gasteiger partial charge in [-0.05, 0) is 122 Å². The lowest BCUT2D eigenvalue weighted by Crippen LogP contribution is -2.28. The predicted molar refractivity (Wildman–Crippen MR) is 247 cm³/mol. The molecule has 0 fully saturated rings. The van der Waals surface area contributed by atoms with Gasteiger partial charge in [-0.1, -0.05) is 63.6 Å². The van der Waals surface area contributed by atoms with Crippen LogP contribution in [0.15, 0.2) is 142 Å². The normalized spacial score (nSPS) is 18.2. The predicted octanol–water partition coefficient (Wildman–Crippen LogP) is 9.00. The van der Waals surface area contributed by atoms with E-state index < -0.39 is 43.0 Å². The number of unbranched alkanes of at least 4 members (excludes halogenated alkanes) is 1. The standard InChI is InChI=1S/C50H53N3O10S2/c1-6-7-27-51-46-34(19-25-44-49(2,3)40-28-38(64(58,59)60)21-23-42(40)52(44)30-32-11-15-36(16-12-32)47(54)55)9-8-10-35(46)20-26-45-50(4,5)41-29-39(65(61,62)63)22-24-43(41)53(45)31-33-13-17-37(18-14-33)48(56)57/h11-26,28-29H,6-10,27,30-31H2,1-5H3,(H4,54,55,56,57,58,59,60,61,62,63)/b34-19+,44-25+. The van der Waals surface area contributed by atoms with E-state index in [0.717, 1.165) is 89.4 Å². The third-order valence-electron chi connectivity index (χ3n) is 12.6. The molecular weight excluding hydrogens is 867 g/mol. The first-order valence-corrected chi connectivity index (χ1v) is 24.3. The number of aromatic carboxylic acids is 2. The van der Waals surface area contributed by atoms with Crippen molar-refractivity contribution in [2.45, 2.75) is 100 Å². The van der Waals surface area contributed by atoms with Gasteiger partial charge in [-0.15, -0.1) is 0 Å². The average Bonchev–Trinajstić information content (AvgIpc) is 3.59. The van der Waals surface area contributed by atoms with E-state index in [9.17, 15) is 45.7 Å². The Morgan fingerprint density at radius 1 is 0.785 bits per heavy atom. The lowest BCUT2D eigenvalue weighted by atomic mass is 9.81. The van der Waals surface area contributed by atoms with Crippen molar-refractivity contribution in [1.29, 1.82) is 0 Å². The number of carbonyl (C=O) groups is 2. The number of rotatable bonds is 15. The molecule has 0 atom stereocenters. The number of carboxylic acids is 2. The van der Waals surface area contributed by atoms with Crippen LogP contribution >= 0.6 is 0 Å². The summed E-state index contributed by atoms with van der Waals surface area (Å²) in [5.74, 6) is -2.06. The second kappa shape index (κ2) is 18.0. The van der Waals surface area contributed by atoms with Gasteiger partial charge in [0.25, 0.3) is 10.1 Å². The maximum Gasteiger partial charge on any atom is 0.335 e. The van der Waals surface area contributed by atoms with Crippen LogP contribution in [0.3, 0.4) is 0 Å². The molecular formula is C50H53N3O10S2. The van der Waals surface area contributed by atoms with Gasteiger partial charge >= 0.3 is 11.9 Å². The number of fused-ring (bicyclic) bond motifs is 2. The Morgan fingerprint density at radius 2 is 1.40 bits per heavy atom. The molecule has 0 saturated carbocycles. The van der Waals surface area contributed by atoms with Gasteiger partial charge in [-0.2, -0.15) is 13.0 Å². The minimum Gasteiger partial charge on any atom is -0.744 e. The van der Waals surface area contributed by atoms with Crippen LogP contribution in [0.2, 0.25) is 0 Å². The molecule has 0 saturated heterocycles. The summed E-state index contributed by atoms with van der Waals surface area (Å²) in [7, 11) is -9.23. The Bertz CT molecular complexity index is 2960. The molecule has 3 aliphatic rings. The molecule has 13 nitrogen and oxygen atoms in total. The summed E-state index contributed by atoms with van der Waals surface area (Å²) in [4.78, 5) is 24.8. The molecule has 0 spiro atoms. The van der Waals surface area contributed by atoms with E-state index in [-0.39, 0.29) is 20.9 Å². The molecule has 0 unspecified atom stereocenters. The van der Waals surface area contributed by atoms with Crippen LogP contribution in [0.4, 0.5) is 11.4 Å². The van der Waals surface area contributed by atoms with Crippen LogP contribution in [-0.4, -0.2) is 64.9 Å². The summed E-state index contributed by atoms with van der Waals surface area (Å²) < 4.78 is 73.2. The molecule has 0 bridgehead atoms. The Hall–Kier alpha value is -6.13. The molecule has 2 heterocycles. The van der Waals surface area contributed by atoms with Gasteiger partial charge in [-0.25, -0.2) is 18.0 Å². The topological polar surface area (TPSA) is 204 Å². The Balaban J connectivity index is 1.33. The van der Waals surface area contributed by atoms with Gasteiger partial charge < -0.3 is 25.0 Å². The van der Waals surface area contributed by atoms with Gasteiger partial charge in [0.15, 0.2) is 12.3 Å². The minimum atomic E-state index is -4.74. The van der Waals surface area contributed by atoms with E-state index in [0.29, 0.717) is 24.2 Å². The van der Waals surface area contributed by atoms with Crippen LogP contribution in [0.25, 0.3) is 0 Å². The molecule has 0 amide bonds. The molecule has 7 rings (SSSR count). The number of nitrogens with zero attached hydrogens (tertiary/aromatic N) is 2. The van der Waals surface area contributed by atoms with E-state index in [1.807, 2.05) is 27.7 Å². The quantitative estimate of drug-likeness (QED) is 0.0501. The van der Waals surface area contributed by atoms with Crippen molar-refractivity contribution < 1.29 is 50.3 Å². The highest BCUT2D eigenvalue weighted by Gasteiger charge is 2.45. The lowest BCUT2D eigenvalue weighted by Gasteiger charge is -2.28. The summed E-state index contributed by atoms with van der Waals surface area (Å²) in [5, 5.41) is 22.7. The second-order valence-corrected chi connectivity index (χ2v) is 20.5. The van der Waals surface area contributed by atoms with Gasteiger partial charge in [0.1, 0.15) is 10.1 Å². The summed E-state index contributed by atoms with van der Waals surface area (Å²) in [6.45, 7) is 11.5. The average molecular weight is 920 g/mol. The molecule has 15 heteroatoms. The Morgan fingerprint density at radius 3 is 2.00 bits per heavy atom. The highest BCUT2D eigenvalue weighted by atomic mass is 32.2. The molecule has 0 radical (unpaired) electrons. The molecule has 65 heavy (non-hydrogen) atoms. The van der Waals surface area contributed by atoms with Crippen LogP contribution in [0.1, 0.15) is 110 Å². The fourth-order valence-corrected chi connectivity index (χ4v) is 10.1. The number of hydrogen-bond donors (Lipinski definition) is 4. The van der Waals surface area contributed by atoms with Crippen LogP contribution in [0, 0.1) is 0 Å². The molecule has 4 aromatic rings. The summed E-state index contributed by atoms with van der Waals surface area (Å²) in [5.41, 5.74) is 8.27. The van der Waals surface area contributed by atoms with Crippen molar-refractivity contribution in [3.8, 4) is 0 Å².